The lowest BCUT2D eigenvalue weighted by atomic mass is 9.96. The number of rotatable bonds is 6. The van der Waals surface area contributed by atoms with E-state index in [-0.39, 0.29) is 16.8 Å². The van der Waals surface area contributed by atoms with E-state index in [1.807, 2.05) is 39.8 Å². The summed E-state index contributed by atoms with van der Waals surface area (Å²) in [6.07, 6.45) is 0. The van der Waals surface area contributed by atoms with Crippen molar-refractivity contribution in [1.29, 1.82) is 0 Å². The van der Waals surface area contributed by atoms with Crippen LogP contribution in [-0.4, -0.2) is 14.3 Å². The van der Waals surface area contributed by atoms with Crippen molar-refractivity contribution in [2.45, 2.75) is 52.5 Å². The van der Waals surface area contributed by atoms with Crippen molar-refractivity contribution < 1.29 is 13.2 Å². The lowest BCUT2D eigenvalue weighted by Crippen LogP contribution is -2.27. The molecule has 0 aliphatic heterocycles. The molecule has 0 unspecified atom stereocenters. The summed E-state index contributed by atoms with van der Waals surface area (Å²) in [5.41, 5.74) is 6.73. The lowest BCUT2D eigenvalue weighted by molar-refractivity contribution is 0.0939. The van der Waals surface area contributed by atoms with Crippen molar-refractivity contribution in [2.75, 3.05) is 4.72 Å². The van der Waals surface area contributed by atoms with Gasteiger partial charge in [0, 0.05) is 5.56 Å². The number of sulfonamides is 1. The van der Waals surface area contributed by atoms with Gasteiger partial charge in [-0.05, 0) is 93.1 Å². The first kappa shape index (κ1) is 23.5. The number of benzene rings is 3. The van der Waals surface area contributed by atoms with Crippen molar-refractivity contribution in [3.8, 4) is 0 Å². The number of nitrogens with one attached hydrogen (secondary N) is 2. The Morgan fingerprint density at radius 1 is 0.781 bits per heavy atom. The third-order valence-electron chi connectivity index (χ3n) is 5.83. The monoisotopic (exact) mass is 450 g/mol. The molecule has 0 radical (unpaired) electrons. The first-order chi connectivity index (χ1) is 15.0. The summed E-state index contributed by atoms with van der Waals surface area (Å²) in [5, 5.41) is 3.00. The standard InChI is InChI=1S/C26H30N2O3S/c1-16-9-7-8-10-24(16)28-32(30,31)25-15-22(12-11-17(25)2)26(29)27-21(6)23-14-19(4)18(3)13-20(23)5/h7-15,21,28H,1-6H3,(H,27,29)/t21-/m0/s1. The van der Waals surface area contributed by atoms with Gasteiger partial charge < -0.3 is 5.32 Å². The van der Waals surface area contributed by atoms with Gasteiger partial charge in [-0.1, -0.05) is 36.4 Å². The van der Waals surface area contributed by atoms with Crippen LogP contribution in [-0.2, 0) is 10.0 Å². The fourth-order valence-corrected chi connectivity index (χ4v) is 5.13. The van der Waals surface area contributed by atoms with E-state index in [1.54, 1.807) is 31.2 Å². The van der Waals surface area contributed by atoms with Crippen LogP contribution in [0.4, 0.5) is 5.69 Å². The van der Waals surface area contributed by atoms with E-state index < -0.39 is 10.0 Å². The molecule has 0 spiro atoms. The van der Waals surface area contributed by atoms with Crippen molar-refractivity contribution in [1.82, 2.24) is 5.32 Å². The Balaban J connectivity index is 1.87. The summed E-state index contributed by atoms with van der Waals surface area (Å²) < 4.78 is 28.8. The van der Waals surface area contributed by atoms with Gasteiger partial charge in [0.2, 0.25) is 0 Å². The van der Waals surface area contributed by atoms with E-state index in [2.05, 4.69) is 29.1 Å². The third-order valence-corrected chi connectivity index (χ3v) is 7.33. The zero-order chi connectivity index (χ0) is 23.6. The minimum atomic E-state index is -3.85. The Bertz CT molecular complexity index is 1280. The Morgan fingerprint density at radius 2 is 1.44 bits per heavy atom. The van der Waals surface area contributed by atoms with Crippen LogP contribution in [0.25, 0.3) is 0 Å². The van der Waals surface area contributed by atoms with Crippen LogP contribution in [0.5, 0.6) is 0 Å². The van der Waals surface area contributed by atoms with Crippen LogP contribution in [0.2, 0.25) is 0 Å². The van der Waals surface area contributed by atoms with Crippen LogP contribution in [0.1, 0.15) is 56.7 Å². The summed E-state index contributed by atoms with van der Waals surface area (Å²) in [4.78, 5) is 13.1. The number of carbonyl (C=O) groups excluding carboxylic acids is 1. The molecule has 6 heteroatoms. The van der Waals surface area contributed by atoms with Gasteiger partial charge in [0.1, 0.15) is 0 Å². The first-order valence-corrected chi connectivity index (χ1v) is 12.1. The van der Waals surface area contributed by atoms with E-state index in [4.69, 9.17) is 0 Å². The second kappa shape index (κ2) is 9.17. The Labute approximate surface area is 190 Å². The van der Waals surface area contributed by atoms with Gasteiger partial charge >= 0.3 is 0 Å². The van der Waals surface area contributed by atoms with E-state index >= 15 is 0 Å². The fourth-order valence-electron chi connectivity index (χ4n) is 3.73. The number of aryl methyl sites for hydroxylation is 5. The molecule has 3 aromatic carbocycles. The molecular weight excluding hydrogens is 420 g/mol. The van der Waals surface area contributed by atoms with Gasteiger partial charge in [-0.2, -0.15) is 0 Å². The maximum absolute atomic E-state index is 13.1. The molecule has 32 heavy (non-hydrogen) atoms. The van der Waals surface area contributed by atoms with Crippen LogP contribution in [0.3, 0.4) is 0 Å². The summed E-state index contributed by atoms with van der Waals surface area (Å²) in [6.45, 7) is 11.6. The van der Waals surface area contributed by atoms with Crippen LogP contribution in [0.15, 0.2) is 59.5 Å². The maximum atomic E-state index is 13.1. The summed E-state index contributed by atoms with van der Waals surface area (Å²) in [6, 6.07) is 15.9. The molecule has 3 aromatic rings. The highest BCUT2D eigenvalue weighted by Gasteiger charge is 2.21. The van der Waals surface area contributed by atoms with E-state index in [0.717, 1.165) is 22.3 Å². The molecule has 0 heterocycles. The van der Waals surface area contributed by atoms with E-state index in [9.17, 15) is 13.2 Å². The van der Waals surface area contributed by atoms with Gasteiger partial charge in [0.25, 0.3) is 15.9 Å². The van der Waals surface area contributed by atoms with E-state index in [0.29, 0.717) is 16.8 Å². The van der Waals surface area contributed by atoms with Crippen molar-refractivity contribution >= 4 is 21.6 Å². The molecule has 0 saturated heterocycles. The highest BCUT2D eigenvalue weighted by atomic mass is 32.2. The second-order valence-electron chi connectivity index (χ2n) is 8.39. The Morgan fingerprint density at radius 3 is 2.12 bits per heavy atom. The smallest absolute Gasteiger partial charge is 0.262 e. The highest BCUT2D eigenvalue weighted by molar-refractivity contribution is 7.92. The Kier molecular flexibility index (Phi) is 6.74. The van der Waals surface area contributed by atoms with Gasteiger partial charge in [-0.3, -0.25) is 9.52 Å². The first-order valence-electron chi connectivity index (χ1n) is 10.6. The van der Waals surface area contributed by atoms with Crippen molar-refractivity contribution in [3.05, 3.63) is 93.5 Å². The van der Waals surface area contributed by atoms with Crippen LogP contribution < -0.4 is 10.0 Å². The molecule has 0 fully saturated rings. The predicted molar refractivity (Wildman–Crippen MR) is 130 cm³/mol. The molecule has 0 aromatic heterocycles. The van der Waals surface area contributed by atoms with Gasteiger partial charge in [0.15, 0.2) is 0 Å². The zero-order valence-corrected chi connectivity index (χ0v) is 20.2. The summed E-state index contributed by atoms with van der Waals surface area (Å²) in [5.74, 6) is -0.317. The fraction of sp³-hybridized carbons (Fsp3) is 0.269. The lowest BCUT2D eigenvalue weighted by Gasteiger charge is -2.19. The summed E-state index contributed by atoms with van der Waals surface area (Å²) in [7, 11) is -3.85. The van der Waals surface area contributed by atoms with Crippen LogP contribution >= 0.6 is 0 Å². The number of para-hydroxylation sites is 1. The van der Waals surface area contributed by atoms with Gasteiger partial charge in [-0.15, -0.1) is 0 Å². The number of carbonyl (C=O) groups is 1. The molecule has 2 N–H and O–H groups in total. The molecule has 0 aliphatic rings. The Hall–Kier alpha value is -3.12. The molecule has 0 bridgehead atoms. The van der Waals surface area contributed by atoms with E-state index in [1.165, 1.54) is 11.6 Å². The van der Waals surface area contributed by atoms with Crippen LogP contribution in [0, 0.1) is 34.6 Å². The topological polar surface area (TPSA) is 75.3 Å². The largest absolute Gasteiger partial charge is 0.346 e. The maximum Gasteiger partial charge on any atom is 0.262 e. The second-order valence-corrected chi connectivity index (χ2v) is 10.0. The molecule has 0 saturated carbocycles. The molecule has 0 aliphatic carbocycles. The molecule has 168 valence electrons. The predicted octanol–water partition coefficient (Wildman–Crippen LogP) is 5.52. The van der Waals surface area contributed by atoms with Crippen molar-refractivity contribution in [3.63, 3.8) is 0 Å². The molecule has 1 amide bonds. The molecule has 1 atom stereocenters. The SMILES string of the molecule is Cc1cc(C)c([C@H](C)NC(=O)c2ccc(C)c(S(=O)(=O)Nc3ccccc3C)c2)cc1C. The van der Waals surface area contributed by atoms with Crippen molar-refractivity contribution in [2.24, 2.45) is 0 Å². The summed E-state index contributed by atoms with van der Waals surface area (Å²) >= 11 is 0. The zero-order valence-electron chi connectivity index (χ0n) is 19.4. The molecular formula is C26H30N2O3S. The normalized spacial score (nSPS) is 12.3. The van der Waals surface area contributed by atoms with Gasteiger partial charge in [0.05, 0.1) is 16.6 Å². The molecule has 3 rings (SSSR count). The average molecular weight is 451 g/mol. The molecule has 5 nitrogen and oxygen atoms in total. The average Bonchev–Trinajstić information content (AvgIpc) is 2.72. The minimum Gasteiger partial charge on any atom is -0.346 e. The number of hydrogen-bond acceptors (Lipinski definition) is 3. The minimum absolute atomic E-state index is 0.0865. The number of hydrogen-bond donors (Lipinski definition) is 2. The highest BCUT2D eigenvalue weighted by Crippen LogP contribution is 2.25. The third kappa shape index (κ3) is 5.02. The quantitative estimate of drug-likeness (QED) is 0.519. The van der Waals surface area contributed by atoms with Gasteiger partial charge in [-0.25, -0.2) is 8.42 Å². The number of amides is 1. The number of anilines is 1.